The van der Waals surface area contributed by atoms with Crippen LogP contribution in [-0.2, 0) is 0 Å². The minimum atomic E-state index is -0.469. The summed E-state index contributed by atoms with van der Waals surface area (Å²) in [7, 11) is 0. The van der Waals surface area contributed by atoms with Crippen LogP contribution in [0.2, 0.25) is 5.02 Å². The number of hydrogen-bond donors (Lipinski definition) is 4. The lowest BCUT2D eigenvalue weighted by atomic mass is 10.0. The number of nitrogens with zero attached hydrogens (tertiary/aromatic N) is 2. The van der Waals surface area contributed by atoms with E-state index in [0.717, 1.165) is 54.0 Å². The number of hydrogen-bond acceptors (Lipinski definition) is 6. The Kier molecular flexibility index (Phi) is 5.02. The van der Waals surface area contributed by atoms with E-state index in [1.165, 1.54) is 5.57 Å². The van der Waals surface area contributed by atoms with E-state index in [9.17, 15) is 4.79 Å². The molecule has 0 radical (unpaired) electrons. The van der Waals surface area contributed by atoms with Crippen molar-refractivity contribution in [1.29, 1.82) is 0 Å². The number of nitrogens with one attached hydrogen (secondary N) is 3. The van der Waals surface area contributed by atoms with Crippen molar-refractivity contribution in [1.82, 2.24) is 20.5 Å². The summed E-state index contributed by atoms with van der Waals surface area (Å²) >= 11 is 6.39. The highest BCUT2D eigenvalue weighted by molar-refractivity contribution is 6.35. The van der Waals surface area contributed by atoms with E-state index in [-0.39, 0.29) is 17.6 Å². The maximum absolute atomic E-state index is 13.4. The maximum Gasteiger partial charge on any atom is 0.260 e. The smallest absolute Gasteiger partial charge is 0.260 e. The number of fused-ring (bicyclic) bond motifs is 2. The fraction of sp³-hybridized carbons (Fsp3) is 0.391. The predicted octanol–water partition coefficient (Wildman–Crippen LogP) is 3.38. The molecule has 2 unspecified atom stereocenters. The van der Waals surface area contributed by atoms with Gasteiger partial charge in [0.25, 0.3) is 5.56 Å². The molecule has 2 aliphatic heterocycles. The Morgan fingerprint density at radius 2 is 2.13 bits per heavy atom. The summed E-state index contributed by atoms with van der Waals surface area (Å²) in [5.41, 5.74) is 10.2. The van der Waals surface area contributed by atoms with Gasteiger partial charge in [-0.2, -0.15) is 0 Å². The second-order valence-corrected chi connectivity index (χ2v) is 9.01. The Morgan fingerprint density at radius 1 is 1.32 bits per heavy atom. The molecule has 1 aliphatic carbocycles. The van der Waals surface area contributed by atoms with E-state index >= 15 is 0 Å². The van der Waals surface area contributed by atoms with Crippen molar-refractivity contribution in [3.05, 3.63) is 68.5 Å². The molecule has 7 nitrogen and oxygen atoms in total. The molecule has 0 spiro atoms. The molecule has 5 rings (SSSR count). The van der Waals surface area contributed by atoms with Crippen LogP contribution in [-0.4, -0.2) is 16.7 Å². The van der Waals surface area contributed by atoms with Crippen molar-refractivity contribution in [2.75, 3.05) is 0 Å². The van der Waals surface area contributed by atoms with Crippen LogP contribution in [0.1, 0.15) is 57.3 Å². The zero-order valence-electron chi connectivity index (χ0n) is 17.7. The summed E-state index contributed by atoms with van der Waals surface area (Å²) in [6.45, 7) is 4.19. The molecule has 0 saturated heterocycles. The number of aromatic nitrogens is 1. The average molecular weight is 439 g/mol. The molecular formula is C23H27ClN6O. The van der Waals surface area contributed by atoms with E-state index < -0.39 is 6.29 Å². The standard InChI is InChI=1S/C23H27ClN6O/c1-12-6-9-17(20-21(26-11-12)29-23(25)28-20)27-13(2)18-10-14-4-3-5-16(24)19(14)22(31)30(18)15-7-8-15/h3-5,10-11,13,15,23,27-28H,6-9,25H2,1-2H3,(H,26,29). The van der Waals surface area contributed by atoms with Gasteiger partial charge in [-0.15, -0.1) is 0 Å². The molecule has 1 aromatic carbocycles. The molecule has 1 saturated carbocycles. The van der Waals surface area contributed by atoms with Gasteiger partial charge in [0.15, 0.2) is 12.1 Å². The number of pyridine rings is 1. The molecule has 5 N–H and O–H groups in total. The lowest BCUT2D eigenvalue weighted by molar-refractivity contribution is 0.543. The van der Waals surface area contributed by atoms with Gasteiger partial charge in [0.1, 0.15) is 0 Å². The van der Waals surface area contributed by atoms with Crippen molar-refractivity contribution >= 4 is 28.2 Å². The topological polar surface area (TPSA) is 96.5 Å². The fourth-order valence-electron chi connectivity index (χ4n) is 4.38. The summed E-state index contributed by atoms with van der Waals surface area (Å²) < 4.78 is 1.94. The van der Waals surface area contributed by atoms with Gasteiger partial charge in [0.2, 0.25) is 0 Å². The summed E-state index contributed by atoms with van der Waals surface area (Å²) in [5, 5.41) is 12.2. The number of halogens is 1. The highest BCUT2D eigenvalue weighted by Gasteiger charge is 2.30. The SMILES string of the molecule is CC1=CNC2=NC(N)NC2=C(NC(C)c2cc3cccc(Cl)c3c(=O)n2C2CC2)CC1. The third-order valence-electron chi connectivity index (χ3n) is 6.13. The van der Waals surface area contributed by atoms with Crippen LogP contribution in [0.4, 0.5) is 0 Å². The van der Waals surface area contributed by atoms with Gasteiger partial charge in [-0.05, 0) is 57.0 Å². The van der Waals surface area contributed by atoms with Crippen molar-refractivity contribution in [2.45, 2.75) is 57.9 Å². The van der Waals surface area contributed by atoms with Crippen LogP contribution in [0, 0.1) is 0 Å². The molecule has 1 fully saturated rings. The van der Waals surface area contributed by atoms with Gasteiger partial charge in [0.05, 0.1) is 22.1 Å². The zero-order chi connectivity index (χ0) is 21.7. The Balaban J connectivity index is 1.56. The number of amidine groups is 1. The van der Waals surface area contributed by atoms with Crippen LogP contribution in [0.5, 0.6) is 0 Å². The monoisotopic (exact) mass is 438 g/mol. The average Bonchev–Trinajstić information content (AvgIpc) is 3.50. The summed E-state index contributed by atoms with van der Waals surface area (Å²) in [6, 6.07) is 7.88. The van der Waals surface area contributed by atoms with Gasteiger partial charge in [-0.25, -0.2) is 4.99 Å². The molecule has 3 heterocycles. The number of nitrogens with two attached hydrogens (primary N) is 1. The Bertz CT molecular complexity index is 1210. The van der Waals surface area contributed by atoms with Gasteiger partial charge in [-0.1, -0.05) is 29.3 Å². The number of aliphatic imine (C=N–C) groups is 1. The van der Waals surface area contributed by atoms with Gasteiger partial charge < -0.3 is 20.5 Å². The van der Waals surface area contributed by atoms with Crippen LogP contribution < -0.4 is 27.2 Å². The van der Waals surface area contributed by atoms with E-state index in [2.05, 4.69) is 40.9 Å². The van der Waals surface area contributed by atoms with Crippen LogP contribution >= 0.6 is 11.6 Å². The third-order valence-corrected chi connectivity index (χ3v) is 6.45. The Hall–Kier alpha value is -2.77. The molecule has 3 aliphatic rings. The largest absolute Gasteiger partial charge is 0.379 e. The number of benzene rings is 1. The quantitative estimate of drug-likeness (QED) is 0.586. The fourth-order valence-corrected chi connectivity index (χ4v) is 4.64. The molecule has 0 amide bonds. The van der Waals surface area contributed by atoms with E-state index in [4.69, 9.17) is 17.3 Å². The van der Waals surface area contributed by atoms with Crippen molar-refractivity contribution < 1.29 is 0 Å². The van der Waals surface area contributed by atoms with Gasteiger partial charge in [-0.3, -0.25) is 10.5 Å². The van der Waals surface area contributed by atoms with Crippen LogP contribution in [0.25, 0.3) is 10.8 Å². The highest BCUT2D eigenvalue weighted by Crippen LogP contribution is 2.37. The number of allylic oxidation sites excluding steroid dienone is 2. The highest BCUT2D eigenvalue weighted by atomic mass is 35.5. The lowest BCUT2D eigenvalue weighted by Crippen LogP contribution is -2.36. The van der Waals surface area contributed by atoms with E-state index in [1.54, 1.807) is 6.07 Å². The molecule has 2 atom stereocenters. The summed E-state index contributed by atoms with van der Waals surface area (Å²) in [5.74, 6) is 0.742. The predicted molar refractivity (Wildman–Crippen MR) is 125 cm³/mol. The Labute approximate surface area is 186 Å². The van der Waals surface area contributed by atoms with Crippen molar-refractivity contribution in [3.63, 3.8) is 0 Å². The summed E-state index contributed by atoms with van der Waals surface area (Å²) in [4.78, 5) is 17.8. The second-order valence-electron chi connectivity index (χ2n) is 8.60. The molecular weight excluding hydrogens is 412 g/mol. The first kappa shape index (κ1) is 20.2. The first-order valence-corrected chi connectivity index (χ1v) is 11.2. The Morgan fingerprint density at radius 3 is 2.90 bits per heavy atom. The first-order chi connectivity index (χ1) is 14.9. The maximum atomic E-state index is 13.4. The van der Waals surface area contributed by atoms with Gasteiger partial charge >= 0.3 is 0 Å². The van der Waals surface area contributed by atoms with Crippen molar-refractivity contribution in [3.8, 4) is 0 Å². The minimum Gasteiger partial charge on any atom is -0.379 e. The van der Waals surface area contributed by atoms with Crippen LogP contribution in [0.3, 0.4) is 0 Å². The molecule has 2 aromatic rings. The first-order valence-electron chi connectivity index (χ1n) is 10.8. The molecule has 162 valence electrons. The number of rotatable bonds is 4. The molecule has 31 heavy (non-hydrogen) atoms. The van der Waals surface area contributed by atoms with E-state index in [0.29, 0.717) is 10.4 Å². The molecule has 8 heteroatoms. The zero-order valence-corrected chi connectivity index (χ0v) is 18.5. The van der Waals surface area contributed by atoms with Gasteiger partial charge in [0, 0.05) is 23.6 Å². The van der Waals surface area contributed by atoms with Crippen molar-refractivity contribution in [2.24, 2.45) is 10.7 Å². The third kappa shape index (κ3) is 3.72. The lowest BCUT2D eigenvalue weighted by Gasteiger charge is -2.25. The van der Waals surface area contributed by atoms with E-state index in [1.807, 2.05) is 22.9 Å². The molecule has 0 bridgehead atoms. The molecule has 1 aromatic heterocycles. The normalized spacial score (nSPS) is 22.0. The second kappa shape index (κ2) is 7.73. The summed E-state index contributed by atoms with van der Waals surface area (Å²) in [6.07, 6.45) is 5.30. The van der Waals surface area contributed by atoms with Crippen LogP contribution in [0.15, 0.2) is 57.2 Å². The minimum absolute atomic E-state index is 0.00622.